The summed E-state index contributed by atoms with van der Waals surface area (Å²) in [5.74, 6) is 0. The van der Waals surface area contributed by atoms with Gasteiger partial charge in [-0.15, -0.1) is 0 Å². The molecule has 2 heteroatoms. The van der Waals surface area contributed by atoms with Crippen molar-refractivity contribution in [2.45, 2.75) is 19.3 Å². The summed E-state index contributed by atoms with van der Waals surface area (Å²) in [7, 11) is 0. The van der Waals surface area contributed by atoms with Crippen molar-refractivity contribution in [1.82, 2.24) is 0 Å². The van der Waals surface area contributed by atoms with E-state index < -0.39 is 0 Å². The van der Waals surface area contributed by atoms with Crippen molar-refractivity contribution in [2.24, 2.45) is 0 Å². The zero-order valence-corrected chi connectivity index (χ0v) is 22.0. The number of rotatable bonds is 2. The Morgan fingerprint density at radius 3 is 2.15 bits per heavy atom. The summed E-state index contributed by atoms with van der Waals surface area (Å²) in [4.78, 5) is 2.40. The highest BCUT2D eigenvalue weighted by atomic mass is 16.3. The van der Waals surface area contributed by atoms with Crippen LogP contribution in [-0.2, 0) is 5.41 Å². The van der Waals surface area contributed by atoms with Gasteiger partial charge in [-0.25, -0.2) is 0 Å². The molecule has 0 bridgehead atoms. The monoisotopic (exact) mass is 501 g/mol. The number of hydrogen-bond acceptors (Lipinski definition) is 2. The molecule has 1 aliphatic rings. The Labute approximate surface area is 227 Å². The van der Waals surface area contributed by atoms with Crippen LogP contribution in [0.4, 0.5) is 17.1 Å². The summed E-state index contributed by atoms with van der Waals surface area (Å²) in [5, 5.41) is 4.66. The summed E-state index contributed by atoms with van der Waals surface area (Å²) in [5.41, 5.74) is 10.3. The molecule has 2 heterocycles. The van der Waals surface area contributed by atoms with E-state index in [-0.39, 0.29) is 5.41 Å². The number of furan rings is 1. The lowest BCUT2D eigenvalue weighted by molar-refractivity contribution is 0.632. The molecule has 0 spiro atoms. The molecule has 39 heavy (non-hydrogen) atoms. The van der Waals surface area contributed by atoms with Gasteiger partial charge < -0.3 is 9.32 Å². The maximum Gasteiger partial charge on any atom is 0.143 e. The van der Waals surface area contributed by atoms with Gasteiger partial charge in [-0.05, 0) is 58.5 Å². The molecule has 0 atom stereocenters. The summed E-state index contributed by atoms with van der Waals surface area (Å²) in [6, 6.07) is 45.7. The molecule has 0 fully saturated rings. The minimum atomic E-state index is -0.162. The van der Waals surface area contributed by atoms with Crippen LogP contribution in [0.2, 0.25) is 0 Å². The number of hydrogen-bond donors (Lipinski definition) is 0. The third kappa shape index (κ3) is 3.15. The predicted molar refractivity (Wildman–Crippen MR) is 163 cm³/mol. The highest BCUT2D eigenvalue weighted by Crippen LogP contribution is 2.52. The lowest BCUT2D eigenvalue weighted by Gasteiger charge is -2.42. The van der Waals surface area contributed by atoms with Gasteiger partial charge in [0.05, 0.1) is 11.4 Å². The van der Waals surface area contributed by atoms with E-state index >= 15 is 0 Å². The fourth-order valence-corrected chi connectivity index (χ4v) is 6.48. The van der Waals surface area contributed by atoms with Crippen molar-refractivity contribution in [3.05, 3.63) is 139 Å². The fourth-order valence-electron chi connectivity index (χ4n) is 6.48. The van der Waals surface area contributed by atoms with Gasteiger partial charge in [0.1, 0.15) is 11.2 Å². The SMILES string of the molecule is CC1(C)c2ccccc2N(c2ccccc2)c2ccc(-c3cccc4c3oc3c5ccccc5ccc43)cc21. The minimum absolute atomic E-state index is 0.162. The van der Waals surface area contributed by atoms with Crippen molar-refractivity contribution in [3.63, 3.8) is 0 Å². The topological polar surface area (TPSA) is 16.4 Å². The Balaban J connectivity index is 1.37. The molecular weight excluding hydrogens is 474 g/mol. The van der Waals surface area contributed by atoms with E-state index in [4.69, 9.17) is 4.42 Å². The van der Waals surface area contributed by atoms with Crippen molar-refractivity contribution >= 4 is 49.8 Å². The molecule has 0 aliphatic carbocycles. The highest BCUT2D eigenvalue weighted by molar-refractivity contribution is 6.17. The number of nitrogens with zero attached hydrogens (tertiary/aromatic N) is 1. The largest absolute Gasteiger partial charge is 0.455 e. The molecule has 2 nitrogen and oxygen atoms in total. The van der Waals surface area contributed by atoms with Crippen molar-refractivity contribution < 1.29 is 4.42 Å². The first-order chi connectivity index (χ1) is 19.1. The molecule has 1 aromatic heterocycles. The molecule has 0 unspecified atom stereocenters. The van der Waals surface area contributed by atoms with E-state index in [1.165, 1.54) is 39.1 Å². The van der Waals surface area contributed by atoms with E-state index in [0.29, 0.717) is 0 Å². The van der Waals surface area contributed by atoms with Gasteiger partial charge in [-0.2, -0.15) is 0 Å². The Morgan fingerprint density at radius 1 is 0.538 bits per heavy atom. The van der Waals surface area contributed by atoms with E-state index in [1.807, 2.05) is 0 Å². The maximum atomic E-state index is 6.68. The number of fused-ring (bicyclic) bond motifs is 7. The first-order valence-corrected chi connectivity index (χ1v) is 13.5. The van der Waals surface area contributed by atoms with Crippen LogP contribution in [0.25, 0.3) is 43.8 Å². The Kier molecular flexibility index (Phi) is 4.60. The number of para-hydroxylation sites is 3. The van der Waals surface area contributed by atoms with E-state index in [0.717, 1.165) is 32.9 Å². The van der Waals surface area contributed by atoms with Crippen LogP contribution in [0.1, 0.15) is 25.0 Å². The molecule has 0 saturated carbocycles. The van der Waals surface area contributed by atoms with Gasteiger partial charge in [-0.1, -0.05) is 105 Å². The third-order valence-corrected chi connectivity index (χ3v) is 8.44. The van der Waals surface area contributed by atoms with Gasteiger partial charge >= 0.3 is 0 Å². The van der Waals surface area contributed by atoms with Crippen LogP contribution in [0.5, 0.6) is 0 Å². The van der Waals surface area contributed by atoms with Crippen molar-refractivity contribution in [2.75, 3.05) is 4.90 Å². The second kappa shape index (κ2) is 8.09. The van der Waals surface area contributed by atoms with Gasteiger partial charge in [0.25, 0.3) is 0 Å². The summed E-state index contributed by atoms with van der Waals surface area (Å²) < 4.78 is 6.68. The average Bonchev–Trinajstić information content (AvgIpc) is 3.37. The van der Waals surface area contributed by atoms with Crippen LogP contribution in [-0.4, -0.2) is 0 Å². The van der Waals surface area contributed by atoms with Crippen LogP contribution < -0.4 is 4.90 Å². The molecular formula is C37H27NO. The molecule has 0 saturated heterocycles. The predicted octanol–water partition coefficient (Wildman–Crippen LogP) is 10.5. The Morgan fingerprint density at radius 2 is 1.26 bits per heavy atom. The molecule has 6 aromatic carbocycles. The molecule has 7 aromatic rings. The average molecular weight is 502 g/mol. The lowest BCUT2D eigenvalue weighted by atomic mass is 9.73. The number of anilines is 3. The number of benzene rings is 6. The maximum absolute atomic E-state index is 6.68. The first-order valence-electron chi connectivity index (χ1n) is 13.5. The van der Waals surface area contributed by atoms with Gasteiger partial charge in [0, 0.05) is 32.8 Å². The lowest BCUT2D eigenvalue weighted by Crippen LogP contribution is -2.30. The Bertz CT molecular complexity index is 2050. The van der Waals surface area contributed by atoms with E-state index in [1.54, 1.807) is 0 Å². The van der Waals surface area contributed by atoms with Crippen molar-refractivity contribution in [1.29, 1.82) is 0 Å². The normalized spacial score (nSPS) is 14.1. The van der Waals surface area contributed by atoms with E-state index in [2.05, 4.69) is 146 Å². The quantitative estimate of drug-likeness (QED) is 0.234. The Hall–Kier alpha value is -4.82. The molecule has 1 aliphatic heterocycles. The van der Waals surface area contributed by atoms with Crippen LogP contribution in [0.3, 0.4) is 0 Å². The summed E-state index contributed by atoms with van der Waals surface area (Å²) in [6.45, 7) is 4.68. The zero-order chi connectivity index (χ0) is 26.1. The molecule has 186 valence electrons. The van der Waals surface area contributed by atoms with Crippen LogP contribution in [0, 0.1) is 0 Å². The van der Waals surface area contributed by atoms with Crippen LogP contribution in [0.15, 0.2) is 132 Å². The first kappa shape index (κ1) is 22.2. The zero-order valence-electron chi connectivity index (χ0n) is 22.0. The molecule has 0 N–H and O–H groups in total. The van der Waals surface area contributed by atoms with Gasteiger partial charge in [0.2, 0.25) is 0 Å². The van der Waals surface area contributed by atoms with Gasteiger partial charge in [-0.3, -0.25) is 0 Å². The molecule has 0 amide bonds. The van der Waals surface area contributed by atoms with Gasteiger partial charge in [0.15, 0.2) is 0 Å². The second-order valence-electron chi connectivity index (χ2n) is 11.0. The van der Waals surface area contributed by atoms with Crippen molar-refractivity contribution in [3.8, 4) is 11.1 Å². The fraction of sp³-hybridized carbons (Fsp3) is 0.0811. The third-order valence-electron chi connectivity index (χ3n) is 8.44. The van der Waals surface area contributed by atoms with E-state index in [9.17, 15) is 0 Å². The summed E-state index contributed by atoms with van der Waals surface area (Å²) >= 11 is 0. The molecule has 0 radical (unpaired) electrons. The second-order valence-corrected chi connectivity index (χ2v) is 11.0. The van der Waals surface area contributed by atoms with Crippen LogP contribution >= 0.6 is 0 Å². The molecule has 8 rings (SSSR count). The smallest absolute Gasteiger partial charge is 0.143 e. The highest BCUT2D eigenvalue weighted by Gasteiger charge is 2.37. The minimum Gasteiger partial charge on any atom is -0.455 e. The standard InChI is InChI=1S/C37H27NO/c1-37(2)31-17-8-9-18-33(31)38(26-12-4-3-5-13-26)34-22-20-25(23-32(34)37)28-15-10-16-29-30-21-19-24-11-6-7-14-27(24)35(30)39-36(28)29/h3-23H,1-2H3. The summed E-state index contributed by atoms with van der Waals surface area (Å²) in [6.07, 6.45) is 0.